The highest BCUT2D eigenvalue weighted by Gasteiger charge is 2.36. The van der Waals surface area contributed by atoms with E-state index < -0.39 is 0 Å². The molecule has 8 nitrogen and oxygen atoms in total. The van der Waals surface area contributed by atoms with E-state index in [0.717, 1.165) is 16.7 Å². The summed E-state index contributed by atoms with van der Waals surface area (Å²) in [5.74, 6) is 0.606. The predicted molar refractivity (Wildman–Crippen MR) is 200 cm³/mol. The van der Waals surface area contributed by atoms with Crippen molar-refractivity contribution in [3.8, 4) is 80.6 Å². The molecule has 0 saturated heterocycles. The Morgan fingerprint density at radius 3 is 1.53 bits per heavy atom. The summed E-state index contributed by atoms with van der Waals surface area (Å²) in [5.41, 5.74) is 8.93. The highest BCUT2D eigenvalue weighted by atomic mass is 16.4. The Balaban J connectivity index is 1.35. The minimum atomic E-state index is -0.364. The van der Waals surface area contributed by atoms with Gasteiger partial charge in [-0.3, -0.25) is 0 Å². The van der Waals surface area contributed by atoms with Crippen LogP contribution in [0.4, 0.5) is 0 Å². The number of aromatic nitrogens is 2. The SMILES string of the molecule is CC1(C)c2ccccc2-c2ccc(-c3c(C#N)c(C#N)c(C#N)c(-c4cc(-c5nc6ccccc6o5)cc(-c5nc6ccccc6o5)c4)c3C#N)cc21. The Bertz CT molecular complexity index is 2890. The van der Waals surface area contributed by atoms with Gasteiger partial charge in [0, 0.05) is 27.7 Å². The molecule has 2 aromatic heterocycles. The van der Waals surface area contributed by atoms with E-state index in [1.807, 2.05) is 84.9 Å². The van der Waals surface area contributed by atoms with Gasteiger partial charge in [0.25, 0.3) is 0 Å². The fraction of sp³-hybridized carbons (Fsp3) is 0.0667. The van der Waals surface area contributed by atoms with Gasteiger partial charge in [0.2, 0.25) is 11.8 Å². The van der Waals surface area contributed by atoms with E-state index in [1.54, 1.807) is 12.1 Å². The molecule has 0 saturated carbocycles. The van der Waals surface area contributed by atoms with E-state index >= 15 is 0 Å². The number of benzene rings is 6. The van der Waals surface area contributed by atoms with Crippen molar-refractivity contribution < 1.29 is 8.83 Å². The lowest BCUT2D eigenvalue weighted by Gasteiger charge is -2.23. The summed E-state index contributed by atoms with van der Waals surface area (Å²) < 4.78 is 12.4. The molecule has 1 aliphatic carbocycles. The minimum Gasteiger partial charge on any atom is -0.436 e. The summed E-state index contributed by atoms with van der Waals surface area (Å²) in [7, 11) is 0. The third kappa shape index (κ3) is 4.65. The Morgan fingerprint density at radius 1 is 0.472 bits per heavy atom. The molecule has 8 heteroatoms. The molecule has 0 amide bonds. The van der Waals surface area contributed by atoms with Crippen LogP contribution in [0.1, 0.15) is 47.2 Å². The summed E-state index contributed by atoms with van der Waals surface area (Å²) in [6.07, 6.45) is 0. The Morgan fingerprint density at radius 2 is 0.962 bits per heavy atom. The van der Waals surface area contributed by atoms with Crippen LogP contribution in [-0.4, -0.2) is 9.97 Å². The van der Waals surface area contributed by atoms with Gasteiger partial charge in [-0.25, -0.2) is 9.97 Å². The average Bonchev–Trinajstić information content (AvgIpc) is 3.89. The zero-order valence-corrected chi connectivity index (χ0v) is 28.4. The van der Waals surface area contributed by atoms with Crippen molar-refractivity contribution in [2.75, 3.05) is 0 Å². The van der Waals surface area contributed by atoms with Crippen LogP contribution in [0.5, 0.6) is 0 Å². The van der Waals surface area contributed by atoms with Crippen LogP contribution < -0.4 is 0 Å². The first-order valence-electron chi connectivity index (χ1n) is 16.8. The number of hydrogen-bond donors (Lipinski definition) is 0. The molecule has 246 valence electrons. The van der Waals surface area contributed by atoms with Crippen LogP contribution in [0.25, 0.3) is 78.5 Å². The van der Waals surface area contributed by atoms with Crippen molar-refractivity contribution in [3.05, 3.63) is 143 Å². The molecule has 6 aromatic carbocycles. The molecule has 1 aliphatic rings. The lowest BCUT2D eigenvalue weighted by Crippen LogP contribution is -2.15. The number of nitrogens with zero attached hydrogens (tertiary/aromatic N) is 6. The molecular weight excluding hydrogens is 657 g/mol. The quantitative estimate of drug-likeness (QED) is 0.178. The van der Waals surface area contributed by atoms with E-state index in [0.29, 0.717) is 56.2 Å². The summed E-state index contributed by atoms with van der Waals surface area (Å²) in [6.45, 7) is 4.29. The lowest BCUT2D eigenvalue weighted by molar-refractivity contribution is 0.617. The number of oxazole rings is 2. The second-order valence-corrected chi connectivity index (χ2v) is 13.4. The van der Waals surface area contributed by atoms with Crippen molar-refractivity contribution in [1.82, 2.24) is 9.97 Å². The first kappa shape index (κ1) is 31.2. The summed E-state index contributed by atoms with van der Waals surface area (Å²) >= 11 is 0. The van der Waals surface area contributed by atoms with Crippen molar-refractivity contribution in [2.24, 2.45) is 0 Å². The molecule has 0 spiro atoms. The third-order valence-electron chi connectivity index (χ3n) is 10.1. The molecule has 9 rings (SSSR count). The maximum atomic E-state index is 11.0. The maximum Gasteiger partial charge on any atom is 0.227 e. The van der Waals surface area contributed by atoms with Gasteiger partial charge in [-0.1, -0.05) is 74.5 Å². The molecule has 2 heterocycles. The van der Waals surface area contributed by atoms with Gasteiger partial charge in [0.05, 0.1) is 22.3 Å². The highest BCUT2D eigenvalue weighted by Crippen LogP contribution is 2.51. The number of fused-ring (bicyclic) bond motifs is 5. The van der Waals surface area contributed by atoms with E-state index in [4.69, 9.17) is 18.8 Å². The van der Waals surface area contributed by atoms with Crippen LogP contribution in [-0.2, 0) is 5.41 Å². The first-order chi connectivity index (χ1) is 25.8. The largest absolute Gasteiger partial charge is 0.436 e. The van der Waals surface area contributed by atoms with Gasteiger partial charge in [-0.05, 0) is 81.9 Å². The van der Waals surface area contributed by atoms with Crippen LogP contribution in [0.15, 0.2) is 118 Å². The molecule has 0 N–H and O–H groups in total. The van der Waals surface area contributed by atoms with Crippen molar-refractivity contribution in [3.63, 3.8) is 0 Å². The summed E-state index contributed by atoms with van der Waals surface area (Å²) in [6, 6.07) is 43.1. The number of nitriles is 4. The molecule has 0 radical (unpaired) electrons. The molecule has 0 fully saturated rings. The van der Waals surface area contributed by atoms with Crippen LogP contribution in [0.2, 0.25) is 0 Å². The van der Waals surface area contributed by atoms with Gasteiger partial charge in [-0.2, -0.15) is 21.0 Å². The number of hydrogen-bond acceptors (Lipinski definition) is 8. The van der Waals surface area contributed by atoms with E-state index in [2.05, 4.69) is 50.3 Å². The van der Waals surface area contributed by atoms with Crippen molar-refractivity contribution >= 4 is 22.2 Å². The first-order valence-corrected chi connectivity index (χ1v) is 16.8. The number of para-hydroxylation sites is 4. The van der Waals surface area contributed by atoms with E-state index in [-0.39, 0.29) is 38.8 Å². The fourth-order valence-corrected chi connectivity index (χ4v) is 7.64. The molecule has 0 bridgehead atoms. The average molecular weight is 681 g/mol. The number of rotatable bonds is 4. The molecule has 0 unspecified atom stereocenters. The molecule has 8 aromatic rings. The minimum absolute atomic E-state index is 0.0353. The van der Waals surface area contributed by atoms with Crippen molar-refractivity contribution in [1.29, 1.82) is 21.0 Å². The zero-order valence-electron chi connectivity index (χ0n) is 28.4. The maximum absolute atomic E-state index is 11.0. The van der Waals surface area contributed by atoms with Gasteiger partial charge in [0.1, 0.15) is 35.3 Å². The van der Waals surface area contributed by atoms with Crippen LogP contribution in [0, 0.1) is 45.3 Å². The highest BCUT2D eigenvalue weighted by molar-refractivity contribution is 5.95. The van der Waals surface area contributed by atoms with Gasteiger partial charge in [0.15, 0.2) is 11.2 Å². The topological polar surface area (TPSA) is 147 Å². The van der Waals surface area contributed by atoms with E-state index in [9.17, 15) is 21.0 Å². The van der Waals surface area contributed by atoms with Crippen molar-refractivity contribution in [2.45, 2.75) is 19.3 Å². The molecule has 0 aliphatic heterocycles. The monoisotopic (exact) mass is 680 g/mol. The Hall–Kier alpha value is -7.78. The standard InChI is InChI=1S/C45H24N6O2/c1-45(2)35-10-4-3-9-29(35)30-16-15-25(20-36(30)45)41-32(22-47)31(21-46)33(23-48)42(34(41)24-49)26-17-27(43-50-37-11-5-7-13-39(37)52-43)19-28(18-26)44-51-38-12-6-8-14-40(38)53-44/h3-20H,1-2H3. The fourth-order valence-electron chi connectivity index (χ4n) is 7.64. The van der Waals surface area contributed by atoms with E-state index in [1.165, 1.54) is 5.56 Å². The molecule has 0 atom stereocenters. The molecular formula is C45H24N6O2. The third-order valence-corrected chi connectivity index (χ3v) is 10.1. The van der Waals surface area contributed by atoms with Gasteiger partial charge >= 0.3 is 0 Å². The Labute approximate surface area is 303 Å². The van der Waals surface area contributed by atoms with Crippen LogP contribution >= 0.6 is 0 Å². The summed E-state index contributed by atoms with van der Waals surface area (Å²) in [4.78, 5) is 9.46. The zero-order chi connectivity index (χ0) is 36.4. The predicted octanol–water partition coefficient (Wildman–Crippen LogP) is 10.4. The second-order valence-electron chi connectivity index (χ2n) is 13.4. The van der Waals surface area contributed by atoms with Crippen LogP contribution in [0.3, 0.4) is 0 Å². The second kappa shape index (κ2) is 11.6. The lowest BCUT2D eigenvalue weighted by atomic mass is 9.79. The van der Waals surface area contributed by atoms with Gasteiger partial charge in [-0.15, -0.1) is 0 Å². The smallest absolute Gasteiger partial charge is 0.227 e. The summed E-state index contributed by atoms with van der Waals surface area (Å²) in [5, 5.41) is 42.8. The van der Waals surface area contributed by atoms with Gasteiger partial charge < -0.3 is 8.83 Å². The molecule has 53 heavy (non-hydrogen) atoms. The normalized spacial score (nSPS) is 12.4. The Kier molecular flexibility index (Phi) is 6.86.